The number of hydrogen-bond donors (Lipinski definition) is 1. The number of aliphatic carboxylic acids is 1. The van der Waals surface area contributed by atoms with E-state index in [2.05, 4.69) is 11.6 Å². The number of halogens is 6. The Morgan fingerprint density at radius 2 is 1.55 bits per heavy atom. The molecule has 0 radical (unpaired) electrons. The molecule has 70 valence electrons. The smallest absolute Gasteiger partial charge is 0.341 e. The van der Waals surface area contributed by atoms with Crippen LogP contribution >= 0.6 is 21.8 Å². The molecule has 0 aromatic carbocycles. The van der Waals surface area contributed by atoms with Gasteiger partial charge in [-0.25, -0.2) is 4.79 Å². The van der Waals surface area contributed by atoms with Gasteiger partial charge in [0.2, 0.25) is 0 Å². The molecule has 9 heteroatoms. The second-order valence-corrected chi connectivity index (χ2v) is 4.91. The average Bonchev–Trinajstić information content (AvgIpc) is 1.57. The van der Waals surface area contributed by atoms with E-state index in [4.69, 9.17) is 5.11 Å². The zero-order valence-electron chi connectivity index (χ0n) is 4.61. The first-order chi connectivity index (χ1) is 4.34. The van der Waals surface area contributed by atoms with E-state index in [-0.39, 0.29) is 0 Å². The normalized spacial score (nSPS) is 21.6. The minimum absolute atomic E-state index is 2.80. The third-order valence-corrected chi connectivity index (χ3v) is 2.77. The van der Waals surface area contributed by atoms with Crippen LogP contribution in [-0.4, -0.2) is 15.8 Å². The SMILES string of the molecule is O=C(O)C(Cl)S(F)(F)(F)(F)F. The number of alkyl halides is 1. The molecule has 0 saturated carbocycles. The highest BCUT2D eigenvalue weighted by Crippen LogP contribution is 3.00. The molecule has 0 bridgehead atoms. The lowest BCUT2D eigenvalue weighted by molar-refractivity contribution is -0.135. The number of carboxylic acids is 1. The third kappa shape index (κ3) is 3.10. The lowest BCUT2D eigenvalue weighted by Crippen LogP contribution is -2.27. The average molecular weight is 221 g/mol. The second-order valence-electron chi connectivity index (χ2n) is 1.68. The molecule has 0 aliphatic rings. The Bertz CT molecular complexity index is 194. The highest BCUT2D eigenvalue weighted by atomic mass is 35.5. The summed E-state index contributed by atoms with van der Waals surface area (Å²) in [7, 11) is -10.0. The topological polar surface area (TPSA) is 37.3 Å². The van der Waals surface area contributed by atoms with E-state index < -0.39 is 20.9 Å². The summed E-state index contributed by atoms with van der Waals surface area (Å²) < 4.78 is 52.6. The van der Waals surface area contributed by atoms with Gasteiger partial charge in [0.1, 0.15) is 0 Å². The quantitative estimate of drug-likeness (QED) is 0.574. The maximum atomic E-state index is 11.3. The van der Waals surface area contributed by atoms with Gasteiger partial charge >= 0.3 is 16.2 Å². The summed E-state index contributed by atoms with van der Waals surface area (Å²) in [6.07, 6.45) is 0. The van der Waals surface area contributed by atoms with Crippen LogP contribution < -0.4 is 0 Å². The van der Waals surface area contributed by atoms with Gasteiger partial charge in [0.25, 0.3) is 4.71 Å². The van der Waals surface area contributed by atoms with Crippen LogP contribution in [0.2, 0.25) is 0 Å². The number of carboxylic acid groups (broad SMARTS) is 1. The van der Waals surface area contributed by atoms with Crippen LogP contribution in [-0.2, 0) is 4.79 Å². The Morgan fingerprint density at radius 1 is 1.27 bits per heavy atom. The summed E-state index contributed by atoms with van der Waals surface area (Å²) in [4.78, 5) is 9.45. The highest BCUT2D eigenvalue weighted by molar-refractivity contribution is 8.47. The van der Waals surface area contributed by atoms with Gasteiger partial charge < -0.3 is 5.11 Å². The third-order valence-electron chi connectivity index (χ3n) is 0.585. The Hall–Kier alpha value is -0.240. The van der Waals surface area contributed by atoms with Crippen molar-refractivity contribution in [2.24, 2.45) is 0 Å². The van der Waals surface area contributed by atoms with Gasteiger partial charge in [0.15, 0.2) is 0 Å². The zero-order valence-corrected chi connectivity index (χ0v) is 6.18. The van der Waals surface area contributed by atoms with Crippen LogP contribution in [0.15, 0.2) is 0 Å². The number of carbonyl (C=O) groups is 1. The molecule has 0 amide bonds. The maximum absolute atomic E-state index is 11.3. The summed E-state index contributed by atoms with van der Waals surface area (Å²) in [6, 6.07) is 0. The summed E-state index contributed by atoms with van der Waals surface area (Å²) in [6.45, 7) is 0. The van der Waals surface area contributed by atoms with Crippen molar-refractivity contribution < 1.29 is 29.3 Å². The summed E-state index contributed by atoms with van der Waals surface area (Å²) in [5.41, 5.74) is 0. The molecular formula is C2H2ClF5O2S. The minimum atomic E-state index is -10.0. The molecule has 2 nitrogen and oxygen atoms in total. The monoisotopic (exact) mass is 220 g/mol. The molecule has 1 unspecified atom stereocenters. The number of hydrogen-bond acceptors (Lipinski definition) is 1. The van der Waals surface area contributed by atoms with Crippen LogP contribution in [0.1, 0.15) is 0 Å². The lowest BCUT2D eigenvalue weighted by atomic mass is 10.8. The lowest BCUT2D eigenvalue weighted by Gasteiger charge is -2.41. The fourth-order valence-corrected chi connectivity index (χ4v) is 0.572. The van der Waals surface area contributed by atoms with Gasteiger partial charge in [-0.15, -0.1) is 0 Å². The first kappa shape index (κ1) is 10.8. The molecule has 0 rings (SSSR count). The van der Waals surface area contributed by atoms with Gasteiger partial charge in [-0.05, 0) is 0 Å². The van der Waals surface area contributed by atoms with Crippen molar-refractivity contribution in [3.63, 3.8) is 0 Å². The van der Waals surface area contributed by atoms with Gasteiger partial charge in [0, 0.05) is 0 Å². The zero-order chi connectivity index (χ0) is 9.56. The van der Waals surface area contributed by atoms with Crippen LogP contribution in [0.4, 0.5) is 19.4 Å². The Morgan fingerprint density at radius 3 is 1.55 bits per heavy atom. The van der Waals surface area contributed by atoms with E-state index in [1.54, 1.807) is 0 Å². The molecule has 11 heavy (non-hydrogen) atoms. The van der Waals surface area contributed by atoms with Crippen molar-refractivity contribution in [1.82, 2.24) is 0 Å². The Balaban J connectivity index is 5.02. The van der Waals surface area contributed by atoms with Crippen LogP contribution in [0, 0.1) is 0 Å². The number of rotatable bonds is 2. The molecule has 1 N–H and O–H groups in total. The molecule has 0 aliphatic carbocycles. The van der Waals surface area contributed by atoms with Gasteiger partial charge in [-0.3, -0.25) is 0 Å². The van der Waals surface area contributed by atoms with E-state index in [9.17, 15) is 24.2 Å². The predicted molar refractivity (Wildman–Crippen MR) is 30.4 cm³/mol. The Labute approximate surface area is 62.7 Å². The van der Waals surface area contributed by atoms with E-state index >= 15 is 0 Å². The highest BCUT2D eigenvalue weighted by Gasteiger charge is 2.73. The molecule has 0 spiro atoms. The maximum Gasteiger partial charge on any atom is 0.341 e. The van der Waals surface area contributed by atoms with Gasteiger partial charge in [0.05, 0.1) is 0 Å². The first-order valence-corrected chi connectivity index (χ1v) is 4.39. The van der Waals surface area contributed by atoms with Crippen molar-refractivity contribution in [3.05, 3.63) is 0 Å². The van der Waals surface area contributed by atoms with E-state index in [1.807, 2.05) is 0 Å². The molecule has 0 aromatic rings. The largest absolute Gasteiger partial charge is 0.479 e. The molecule has 0 aromatic heterocycles. The fourth-order valence-electron chi connectivity index (χ4n) is 0.191. The molecule has 0 aliphatic heterocycles. The van der Waals surface area contributed by atoms with E-state index in [0.717, 1.165) is 0 Å². The standard InChI is InChI=1S/C2H2ClF5O2S/c3-1(2(9)10)11(4,5,6,7)8/h1H,(H,9,10). The van der Waals surface area contributed by atoms with Crippen LogP contribution in [0.3, 0.4) is 0 Å². The van der Waals surface area contributed by atoms with Crippen molar-refractivity contribution >= 4 is 27.8 Å². The summed E-state index contributed by atoms with van der Waals surface area (Å²) >= 11 is 3.95. The molecule has 0 fully saturated rings. The molecule has 0 heterocycles. The van der Waals surface area contributed by atoms with Crippen LogP contribution in [0.5, 0.6) is 0 Å². The van der Waals surface area contributed by atoms with Crippen molar-refractivity contribution in [1.29, 1.82) is 0 Å². The van der Waals surface area contributed by atoms with Gasteiger partial charge in [-0.1, -0.05) is 31.0 Å². The molecular weight excluding hydrogens is 219 g/mol. The first-order valence-electron chi connectivity index (χ1n) is 1.94. The fraction of sp³-hybridized carbons (Fsp3) is 0.500. The second kappa shape index (κ2) is 1.74. The minimum Gasteiger partial charge on any atom is -0.479 e. The van der Waals surface area contributed by atoms with Gasteiger partial charge in [-0.2, -0.15) is 0 Å². The van der Waals surface area contributed by atoms with Crippen molar-refractivity contribution in [2.45, 2.75) is 4.71 Å². The summed E-state index contributed by atoms with van der Waals surface area (Å²) in [5.74, 6) is -2.80. The van der Waals surface area contributed by atoms with E-state index in [0.29, 0.717) is 0 Å². The predicted octanol–water partition coefficient (Wildman–Crippen LogP) is 2.93. The molecule has 0 saturated heterocycles. The Kier molecular flexibility index (Phi) is 1.70. The van der Waals surface area contributed by atoms with Crippen molar-refractivity contribution in [3.8, 4) is 0 Å². The summed E-state index contributed by atoms with van der Waals surface area (Å²) in [5, 5.41) is 7.55. The van der Waals surface area contributed by atoms with Crippen molar-refractivity contribution in [2.75, 3.05) is 0 Å². The van der Waals surface area contributed by atoms with Crippen LogP contribution in [0.25, 0.3) is 0 Å². The molecule has 1 atom stereocenters. The van der Waals surface area contributed by atoms with E-state index in [1.165, 1.54) is 0 Å².